The van der Waals surface area contributed by atoms with Crippen molar-refractivity contribution in [3.63, 3.8) is 0 Å². The second kappa shape index (κ2) is 9.49. The first-order valence-electron chi connectivity index (χ1n) is 10.3. The number of nitrogens with one attached hydrogen (secondary N) is 1. The summed E-state index contributed by atoms with van der Waals surface area (Å²) in [6.07, 6.45) is 3.91. The summed E-state index contributed by atoms with van der Waals surface area (Å²) in [6.45, 7) is 0. The molecule has 1 aromatic heterocycles. The van der Waals surface area contributed by atoms with Gasteiger partial charge in [-0.3, -0.25) is 14.2 Å². The van der Waals surface area contributed by atoms with Gasteiger partial charge in [0.2, 0.25) is 5.91 Å². The van der Waals surface area contributed by atoms with E-state index in [2.05, 4.69) is 16.4 Å². The molecule has 170 valence electrons. The molecule has 1 fully saturated rings. The fourth-order valence-electron chi connectivity index (χ4n) is 3.96. The van der Waals surface area contributed by atoms with Crippen LogP contribution in [0.5, 0.6) is 0 Å². The largest absolute Gasteiger partial charge is 0.337 e. The molecule has 1 aliphatic carbocycles. The highest BCUT2D eigenvalue weighted by molar-refractivity contribution is 7.99. The SMILES string of the molecule is N#CC1(NC(=O)CSc2nc3ccc(Cl)cc3c(=O)n2-c2ccc(F)cc2F)CCCCC1. The summed E-state index contributed by atoms with van der Waals surface area (Å²) in [5.41, 5.74) is -1.37. The van der Waals surface area contributed by atoms with Gasteiger partial charge in [0.05, 0.1) is 28.4 Å². The Balaban J connectivity index is 1.70. The van der Waals surface area contributed by atoms with Crippen molar-refractivity contribution in [1.29, 1.82) is 5.26 Å². The maximum Gasteiger partial charge on any atom is 0.266 e. The summed E-state index contributed by atoms with van der Waals surface area (Å²) in [5.74, 6) is -2.26. The van der Waals surface area contributed by atoms with Gasteiger partial charge >= 0.3 is 0 Å². The normalized spacial score (nSPS) is 15.2. The van der Waals surface area contributed by atoms with E-state index in [-0.39, 0.29) is 27.9 Å². The average Bonchev–Trinajstić information content (AvgIpc) is 2.79. The van der Waals surface area contributed by atoms with Gasteiger partial charge in [0, 0.05) is 11.1 Å². The number of halogens is 3. The van der Waals surface area contributed by atoms with Crippen molar-refractivity contribution in [2.45, 2.75) is 42.8 Å². The lowest BCUT2D eigenvalue weighted by Crippen LogP contribution is -2.49. The number of amides is 1. The molecule has 4 rings (SSSR count). The van der Waals surface area contributed by atoms with Crippen molar-refractivity contribution in [3.8, 4) is 11.8 Å². The third kappa shape index (κ3) is 4.87. The topological polar surface area (TPSA) is 87.8 Å². The number of benzene rings is 2. The summed E-state index contributed by atoms with van der Waals surface area (Å²) in [6, 6.07) is 9.62. The molecule has 6 nitrogen and oxygen atoms in total. The van der Waals surface area contributed by atoms with Crippen LogP contribution in [0.1, 0.15) is 32.1 Å². The monoisotopic (exact) mass is 488 g/mol. The molecule has 10 heteroatoms. The van der Waals surface area contributed by atoms with E-state index in [4.69, 9.17) is 11.6 Å². The van der Waals surface area contributed by atoms with E-state index in [9.17, 15) is 23.6 Å². The van der Waals surface area contributed by atoms with Crippen molar-refractivity contribution in [1.82, 2.24) is 14.9 Å². The molecule has 0 spiro atoms. The van der Waals surface area contributed by atoms with Crippen molar-refractivity contribution in [2.75, 3.05) is 5.75 Å². The summed E-state index contributed by atoms with van der Waals surface area (Å²) in [7, 11) is 0. The molecule has 0 atom stereocenters. The van der Waals surface area contributed by atoms with Gasteiger partial charge in [-0.1, -0.05) is 42.6 Å². The number of carbonyl (C=O) groups is 1. The number of hydrogen-bond donors (Lipinski definition) is 1. The van der Waals surface area contributed by atoms with Crippen LogP contribution in [0.3, 0.4) is 0 Å². The van der Waals surface area contributed by atoms with Crippen LogP contribution in [0.25, 0.3) is 16.6 Å². The van der Waals surface area contributed by atoms with Gasteiger partial charge < -0.3 is 5.32 Å². The Kier molecular flexibility index (Phi) is 6.68. The number of rotatable bonds is 5. The first kappa shape index (κ1) is 23.2. The standard InChI is InChI=1S/C23H19ClF2N4O2S/c24-14-4-6-18-16(10-14)21(32)30(19-7-5-15(25)11-17(19)26)22(28-18)33-12-20(31)29-23(13-27)8-2-1-3-9-23/h4-7,10-11H,1-3,8-9,12H2,(H,29,31). The van der Waals surface area contributed by atoms with Crippen molar-refractivity contribution < 1.29 is 13.6 Å². The van der Waals surface area contributed by atoms with Gasteiger partial charge in [-0.25, -0.2) is 13.8 Å². The van der Waals surface area contributed by atoms with Gasteiger partial charge in [-0.15, -0.1) is 0 Å². The maximum atomic E-state index is 14.6. The van der Waals surface area contributed by atoms with Gasteiger partial charge in [-0.2, -0.15) is 5.26 Å². The Morgan fingerprint density at radius 1 is 1.21 bits per heavy atom. The lowest BCUT2D eigenvalue weighted by Gasteiger charge is -2.31. The van der Waals surface area contributed by atoms with E-state index in [0.29, 0.717) is 29.4 Å². The fraction of sp³-hybridized carbons (Fsp3) is 0.304. The molecule has 33 heavy (non-hydrogen) atoms. The molecule has 0 bridgehead atoms. The van der Waals surface area contributed by atoms with E-state index in [1.165, 1.54) is 6.07 Å². The summed E-state index contributed by atoms with van der Waals surface area (Å²) >= 11 is 6.95. The number of aromatic nitrogens is 2. The first-order chi connectivity index (χ1) is 15.8. The van der Waals surface area contributed by atoms with Crippen LogP contribution in [-0.2, 0) is 4.79 Å². The number of thioether (sulfide) groups is 1. The molecule has 1 heterocycles. The van der Waals surface area contributed by atoms with Crippen LogP contribution in [0.15, 0.2) is 46.3 Å². The summed E-state index contributed by atoms with van der Waals surface area (Å²) in [4.78, 5) is 30.3. The van der Waals surface area contributed by atoms with Crippen LogP contribution >= 0.6 is 23.4 Å². The number of hydrogen-bond acceptors (Lipinski definition) is 5. The lowest BCUT2D eigenvalue weighted by molar-refractivity contribution is -0.120. The third-order valence-corrected chi connectivity index (χ3v) is 6.76. The molecular weight excluding hydrogens is 470 g/mol. The molecular formula is C23H19ClF2N4O2S. The van der Waals surface area contributed by atoms with Gasteiger partial charge in [-0.05, 0) is 43.2 Å². The molecule has 3 aromatic rings. The van der Waals surface area contributed by atoms with Crippen LogP contribution in [0, 0.1) is 23.0 Å². The van der Waals surface area contributed by atoms with E-state index >= 15 is 0 Å². The fourth-order valence-corrected chi connectivity index (χ4v) is 4.94. The Morgan fingerprint density at radius 3 is 2.67 bits per heavy atom. The van der Waals surface area contributed by atoms with E-state index in [1.54, 1.807) is 12.1 Å². The first-order valence-corrected chi connectivity index (χ1v) is 11.7. The van der Waals surface area contributed by atoms with Crippen LogP contribution in [-0.4, -0.2) is 26.8 Å². The molecule has 1 N–H and O–H groups in total. The second-order valence-electron chi connectivity index (χ2n) is 7.88. The molecule has 1 saturated carbocycles. The number of nitriles is 1. The minimum Gasteiger partial charge on any atom is -0.337 e. The minimum atomic E-state index is -0.947. The van der Waals surface area contributed by atoms with Gasteiger partial charge in [0.15, 0.2) is 5.16 Å². The van der Waals surface area contributed by atoms with Crippen molar-refractivity contribution >= 4 is 40.2 Å². The molecule has 0 unspecified atom stereocenters. The summed E-state index contributed by atoms with van der Waals surface area (Å²) in [5, 5.41) is 12.9. The lowest BCUT2D eigenvalue weighted by atomic mass is 9.83. The summed E-state index contributed by atoms with van der Waals surface area (Å²) < 4.78 is 29.1. The molecule has 0 radical (unpaired) electrons. The van der Waals surface area contributed by atoms with Crippen LogP contribution < -0.4 is 10.9 Å². The molecule has 1 aliphatic rings. The molecule has 2 aromatic carbocycles. The second-order valence-corrected chi connectivity index (χ2v) is 9.26. The number of fused-ring (bicyclic) bond motifs is 1. The molecule has 0 aliphatic heterocycles. The predicted molar refractivity (Wildman–Crippen MR) is 123 cm³/mol. The van der Waals surface area contributed by atoms with Gasteiger partial charge in [0.25, 0.3) is 5.56 Å². The highest BCUT2D eigenvalue weighted by Gasteiger charge is 2.33. The highest BCUT2D eigenvalue weighted by Crippen LogP contribution is 2.28. The Morgan fingerprint density at radius 2 is 1.97 bits per heavy atom. The van der Waals surface area contributed by atoms with E-state index in [1.807, 2.05) is 0 Å². The Labute approximate surface area is 197 Å². The maximum absolute atomic E-state index is 14.6. The Bertz CT molecular complexity index is 1330. The third-order valence-electron chi connectivity index (χ3n) is 5.58. The zero-order valence-corrected chi connectivity index (χ0v) is 19.0. The quantitative estimate of drug-likeness (QED) is 0.413. The zero-order valence-electron chi connectivity index (χ0n) is 17.4. The molecule has 1 amide bonds. The average molecular weight is 489 g/mol. The van der Waals surface area contributed by atoms with Crippen LogP contribution in [0.4, 0.5) is 8.78 Å². The van der Waals surface area contributed by atoms with Crippen LogP contribution in [0.2, 0.25) is 5.02 Å². The van der Waals surface area contributed by atoms with E-state index < -0.39 is 22.7 Å². The number of nitrogens with zero attached hydrogens (tertiary/aromatic N) is 3. The highest BCUT2D eigenvalue weighted by atomic mass is 35.5. The smallest absolute Gasteiger partial charge is 0.266 e. The minimum absolute atomic E-state index is 0.0603. The van der Waals surface area contributed by atoms with Crippen molar-refractivity contribution in [2.24, 2.45) is 0 Å². The van der Waals surface area contributed by atoms with Crippen molar-refractivity contribution in [3.05, 3.63) is 63.4 Å². The zero-order chi connectivity index (χ0) is 23.6. The predicted octanol–water partition coefficient (Wildman–Crippen LogP) is 4.75. The molecule has 0 saturated heterocycles. The van der Waals surface area contributed by atoms with E-state index in [0.717, 1.165) is 47.7 Å². The van der Waals surface area contributed by atoms with Gasteiger partial charge in [0.1, 0.15) is 17.2 Å². The Hall–Kier alpha value is -2.96. The number of carbonyl (C=O) groups excluding carboxylic acids is 1.